The van der Waals surface area contributed by atoms with Gasteiger partial charge in [-0.15, -0.1) is 0 Å². The molecule has 0 amide bonds. The highest BCUT2D eigenvalue weighted by Crippen LogP contribution is 2.42. The van der Waals surface area contributed by atoms with Crippen molar-refractivity contribution in [2.75, 3.05) is 0 Å². The van der Waals surface area contributed by atoms with Crippen molar-refractivity contribution in [1.29, 1.82) is 0 Å². The summed E-state index contributed by atoms with van der Waals surface area (Å²) >= 11 is 0. The molecule has 1 heterocycles. The van der Waals surface area contributed by atoms with E-state index in [1.165, 1.54) is 12.1 Å². The molecular weight excluding hydrogens is 367 g/mol. The summed E-state index contributed by atoms with van der Waals surface area (Å²) in [6.45, 7) is 3.96. The molecule has 1 N–H and O–H groups in total. The maximum absolute atomic E-state index is 13.2. The normalized spacial score (nSPS) is 19.4. The molecule has 0 saturated carbocycles. The third-order valence-electron chi connectivity index (χ3n) is 5.98. The van der Waals surface area contributed by atoms with Gasteiger partial charge in [-0.3, -0.25) is 4.79 Å². The van der Waals surface area contributed by atoms with Gasteiger partial charge in [0.05, 0.1) is 23.7 Å². The Balaban J connectivity index is 1.60. The maximum Gasteiger partial charge on any atom is 0.165 e. The second-order valence-corrected chi connectivity index (χ2v) is 7.87. The number of aliphatic hydroxyl groups is 1. The summed E-state index contributed by atoms with van der Waals surface area (Å²) in [5.74, 6) is -0.361. The monoisotopic (exact) mass is 390 g/mol. The lowest BCUT2D eigenvalue weighted by atomic mass is 9.69. The lowest BCUT2D eigenvalue weighted by Gasteiger charge is -2.38. The summed E-state index contributed by atoms with van der Waals surface area (Å²) in [4.78, 5) is 12.6. The molecule has 4 nitrogen and oxygen atoms in total. The Morgan fingerprint density at radius 3 is 2.59 bits per heavy atom. The fourth-order valence-electron chi connectivity index (χ4n) is 3.90. The van der Waals surface area contributed by atoms with Crippen molar-refractivity contribution in [2.45, 2.75) is 32.8 Å². The average molecular weight is 390 g/mol. The Labute approximate surface area is 169 Å². The van der Waals surface area contributed by atoms with Crippen LogP contribution in [-0.2, 0) is 6.42 Å². The van der Waals surface area contributed by atoms with E-state index in [0.717, 1.165) is 22.5 Å². The Kier molecular flexibility index (Phi) is 4.92. The number of carbonyl (C=O) groups is 1. The van der Waals surface area contributed by atoms with Crippen LogP contribution >= 0.6 is 0 Å². The third kappa shape index (κ3) is 3.54. The van der Waals surface area contributed by atoms with E-state index in [9.17, 15) is 14.3 Å². The van der Waals surface area contributed by atoms with Gasteiger partial charge in [0.25, 0.3) is 0 Å². The van der Waals surface area contributed by atoms with Crippen LogP contribution < -0.4 is 0 Å². The Bertz CT molecular complexity index is 1070. The second-order valence-electron chi connectivity index (χ2n) is 7.87. The van der Waals surface area contributed by atoms with Crippen LogP contribution in [0.1, 0.15) is 41.9 Å². The van der Waals surface area contributed by atoms with Crippen LogP contribution in [0, 0.1) is 11.2 Å². The SMILES string of the molecule is CC1=Cc2c(cnn2-c2ccc(F)cc2)C[C@]1(C)C(O)CC(=O)c1ccccc1. The van der Waals surface area contributed by atoms with Gasteiger partial charge < -0.3 is 5.11 Å². The predicted molar refractivity (Wildman–Crippen MR) is 110 cm³/mol. The summed E-state index contributed by atoms with van der Waals surface area (Å²) < 4.78 is 15.0. The number of aliphatic hydroxyl groups excluding tert-OH is 1. The molecule has 5 heteroatoms. The van der Waals surface area contributed by atoms with Crippen LogP contribution in [0.3, 0.4) is 0 Å². The molecule has 0 spiro atoms. The molecule has 148 valence electrons. The lowest BCUT2D eigenvalue weighted by Crippen LogP contribution is -2.38. The lowest BCUT2D eigenvalue weighted by molar-refractivity contribution is 0.0489. The fourth-order valence-corrected chi connectivity index (χ4v) is 3.90. The van der Waals surface area contributed by atoms with Gasteiger partial charge in [-0.05, 0) is 49.2 Å². The fraction of sp³-hybridized carbons (Fsp3) is 0.250. The number of hydrogen-bond donors (Lipinski definition) is 1. The van der Waals surface area contributed by atoms with Gasteiger partial charge in [0.15, 0.2) is 5.78 Å². The maximum atomic E-state index is 13.2. The smallest absolute Gasteiger partial charge is 0.165 e. The highest BCUT2D eigenvalue weighted by atomic mass is 19.1. The first kappa shape index (κ1) is 19.3. The van der Waals surface area contributed by atoms with Crippen molar-refractivity contribution >= 4 is 11.9 Å². The molecular formula is C24H23FN2O2. The number of nitrogens with zero attached hydrogens (tertiary/aromatic N) is 2. The van der Waals surface area contributed by atoms with Crippen molar-refractivity contribution < 1.29 is 14.3 Å². The van der Waals surface area contributed by atoms with Crippen LogP contribution in [0.4, 0.5) is 4.39 Å². The molecule has 0 aliphatic heterocycles. The Morgan fingerprint density at radius 1 is 1.21 bits per heavy atom. The van der Waals surface area contributed by atoms with Crippen LogP contribution in [0.15, 0.2) is 66.4 Å². The molecule has 0 radical (unpaired) electrons. The topological polar surface area (TPSA) is 55.1 Å². The summed E-state index contributed by atoms with van der Waals surface area (Å²) in [7, 11) is 0. The molecule has 4 rings (SSSR count). The molecule has 2 aromatic carbocycles. The number of hydrogen-bond acceptors (Lipinski definition) is 3. The van der Waals surface area contributed by atoms with E-state index in [1.807, 2.05) is 38.1 Å². The largest absolute Gasteiger partial charge is 0.392 e. The average Bonchev–Trinajstić information content (AvgIpc) is 3.11. The number of aromatic nitrogens is 2. The first-order valence-electron chi connectivity index (χ1n) is 9.66. The number of ketones is 1. The van der Waals surface area contributed by atoms with Gasteiger partial charge in [-0.2, -0.15) is 5.10 Å². The molecule has 0 saturated heterocycles. The van der Waals surface area contributed by atoms with E-state index < -0.39 is 11.5 Å². The summed E-state index contributed by atoms with van der Waals surface area (Å²) in [5.41, 5.74) is 3.73. The molecule has 1 aliphatic rings. The van der Waals surface area contributed by atoms with Crippen LogP contribution in [0.5, 0.6) is 0 Å². The Hall–Kier alpha value is -3.05. The van der Waals surface area contributed by atoms with Gasteiger partial charge in [-0.25, -0.2) is 9.07 Å². The highest BCUT2D eigenvalue weighted by Gasteiger charge is 2.40. The van der Waals surface area contributed by atoms with Crippen molar-refractivity contribution in [3.63, 3.8) is 0 Å². The van der Waals surface area contributed by atoms with Crippen molar-refractivity contribution in [3.8, 4) is 5.69 Å². The van der Waals surface area contributed by atoms with E-state index in [4.69, 9.17) is 0 Å². The third-order valence-corrected chi connectivity index (χ3v) is 5.98. The molecule has 29 heavy (non-hydrogen) atoms. The van der Waals surface area contributed by atoms with Gasteiger partial charge in [0.2, 0.25) is 0 Å². The quantitative estimate of drug-likeness (QED) is 0.647. The minimum Gasteiger partial charge on any atom is -0.392 e. The molecule has 2 atom stereocenters. The van der Waals surface area contributed by atoms with Gasteiger partial charge in [-0.1, -0.05) is 42.8 Å². The molecule has 0 fully saturated rings. The predicted octanol–water partition coefficient (Wildman–Crippen LogP) is 4.61. The van der Waals surface area contributed by atoms with Gasteiger partial charge in [0.1, 0.15) is 5.82 Å². The molecule has 3 aromatic rings. The standard InChI is InChI=1S/C24H23FN2O2/c1-16-12-21-18(15-26-27(21)20-10-8-19(25)9-11-20)14-24(16,2)23(29)13-22(28)17-6-4-3-5-7-17/h3-12,15,23,29H,13-14H2,1-2H3/t23?,24-/m0/s1. The highest BCUT2D eigenvalue weighted by molar-refractivity contribution is 5.96. The van der Waals surface area contributed by atoms with Crippen LogP contribution in [0.2, 0.25) is 0 Å². The zero-order valence-electron chi connectivity index (χ0n) is 16.5. The summed E-state index contributed by atoms with van der Waals surface area (Å²) in [6, 6.07) is 15.2. The second kappa shape index (κ2) is 7.41. The number of fused-ring (bicyclic) bond motifs is 1. The van der Waals surface area contributed by atoms with Crippen molar-refractivity contribution in [2.24, 2.45) is 5.41 Å². The minimum atomic E-state index is -0.811. The minimum absolute atomic E-state index is 0.0626. The van der Waals surface area contributed by atoms with E-state index >= 15 is 0 Å². The number of benzene rings is 2. The van der Waals surface area contributed by atoms with E-state index in [1.54, 1.807) is 35.1 Å². The molecule has 1 aromatic heterocycles. The van der Waals surface area contributed by atoms with Gasteiger partial charge in [0, 0.05) is 17.4 Å². The van der Waals surface area contributed by atoms with E-state index in [2.05, 4.69) is 5.10 Å². The summed E-state index contributed by atoms with van der Waals surface area (Å²) in [6.07, 6.45) is 3.62. The number of halogens is 1. The summed E-state index contributed by atoms with van der Waals surface area (Å²) in [5, 5.41) is 15.5. The molecule has 1 unspecified atom stereocenters. The van der Waals surface area contributed by atoms with E-state index in [-0.39, 0.29) is 18.0 Å². The number of Topliss-reactive ketones (excluding diaryl/α,β-unsaturated/α-hetero) is 1. The number of carbonyl (C=O) groups excluding carboxylic acids is 1. The van der Waals surface area contributed by atoms with E-state index in [0.29, 0.717) is 12.0 Å². The van der Waals surface area contributed by atoms with Crippen molar-refractivity contribution in [1.82, 2.24) is 9.78 Å². The van der Waals surface area contributed by atoms with Crippen LogP contribution in [-0.4, -0.2) is 26.8 Å². The van der Waals surface area contributed by atoms with Crippen molar-refractivity contribution in [3.05, 3.63) is 89.0 Å². The zero-order chi connectivity index (χ0) is 20.6. The first-order valence-corrected chi connectivity index (χ1v) is 9.66. The Morgan fingerprint density at radius 2 is 1.90 bits per heavy atom. The number of rotatable bonds is 5. The molecule has 1 aliphatic carbocycles. The zero-order valence-corrected chi connectivity index (χ0v) is 16.5. The molecule has 0 bridgehead atoms. The van der Waals surface area contributed by atoms with Gasteiger partial charge >= 0.3 is 0 Å². The van der Waals surface area contributed by atoms with Crippen LogP contribution in [0.25, 0.3) is 11.8 Å². The first-order chi connectivity index (χ1) is 13.9.